The number of amides is 1. The van der Waals surface area contributed by atoms with E-state index in [1.807, 2.05) is 30.3 Å². The molecular formula is C27H24F2N4O3. The SMILES string of the molecule is CN(C)c1ccc(C(N)=O)c(Oc2nc(Oc3cccc(-c4cccc(CN)c4)c3)c(F)cc2F)c1. The van der Waals surface area contributed by atoms with Crippen LogP contribution in [0.4, 0.5) is 14.5 Å². The number of hydrogen-bond donors (Lipinski definition) is 2. The molecule has 1 amide bonds. The van der Waals surface area contributed by atoms with Crippen molar-refractivity contribution in [3.63, 3.8) is 0 Å². The molecule has 1 heterocycles. The molecule has 3 aromatic carbocycles. The van der Waals surface area contributed by atoms with Gasteiger partial charge < -0.3 is 25.8 Å². The molecule has 0 aliphatic heterocycles. The summed E-state index contributed by atoms with van der Waals surface area (Å²) >= 11 is 0. The third kappa shape index (κ3) is 5.42. The van der Waals surface area contributed by atoms with Gasteiger partial charge in [0.25, 0.3) is 17.7 Å². The molecule has 184 valence electrons. The summed E-state index contributed by atoms with van der Waals surface area (Å²) in [6, 6.07) is 19.8. The zero-order chi connectivity index (χ0) is 25.8. The van der Waals surface area contributed by atoms with E-state index in [0.717, 1.165) is 16.7 Å². The van der Waals surface area contributed by atoms with Crippen molar-refractivity contribution in [1.29, 1.82) is 0 Å². The smallest absolute Gasteiger partial charge is 0.259 e. The van der Waals surface area contributed by atoms with Gasteiger partial charge in [-0.1, -0.05) is 30.3 Å². The number of nitrogens with zero attached hydrogens (tertiary/aromatic N) is 2. The van der Waals surface area contributed by atoms with Crippen LogP contribution in [0.15, 0.2) is 72.8 Å². The first-order chi connectivity index (χ1) is 17.2. The Bertz CT molecular complexity index is 1430. The average molecular weight is 491 g/mol. The molecule has 0 radical (unpaired) electrons. The van der Waals surface area contributed by atoms with Crippen LogP contribution in [0, 0.1) is 11.6 Å². The Morgan fingerprint density at radius 2 is 1.56 bits per heavy atom. The van der Waals surface area contributed by atoms with E-state index in [9.17, 15) is 13.6 Å². The Hall–Kier alpha value is -4.50. The number of carbonyl (C=O) groups excluding carboxylic acids is 1. The standard InChI is InChI=1S/C27H24F2N4O3/c1-33(2)19-9-10-21(25(31)34)24(13-19)36-27-23(29)14-22(28)26(32-27)35-20-8-4-7-18(12-20)17-6-3-5-16(11-17)15-30/h3-14H,15,30H2,1-2H3,(H2,31,34). The van der Waals surface area contributed by atoms with Gasteiger partial charge in [0.2, 0.25) is 0 Å². The van der Waals surface area contributed by atoms with E-state index < -0.39 is 29.3 Å². The minimum Gasteiger partial charge on any atom is -0.436 e. The molecule has 0 aliphatic carbocycles. The Balaban J connectivity index is 1.66. The fourth-order valence-electron chi connectivity index (χ4n) is 3.49. The van der Waals surface area contributed by atoms with Gasteiger partial charge >= 0.3 is 0 Å². The highest BCUT2D eigenvalue weighted by molar-refractivity contribution is 5.96. The van der Waals surface area contributed by atoms with Crippen LogP contribution in [0.3, 0.4) is 0 Å². The Labute approximate surface area is 206 Å². The monoisotopic (exact) mass is 490 g/mol. The highest BCUT2D eigenvalue weighted by atomic mass is 19.1. The number of anilines is 1. The number of hydrogen-bond acceptors (Lipinski definition) is 6. The van der Waals surface area contributed by atoms with Crippen molar-refractivity contribution in [1.82, 2.24) is 4.98 Å². The van der Waals surface area contributed by atoms with Gasteiger partial charge in [0.15, 0.2) is 11.6 Å². The summed E-state index contributed by atoms with van der Waals surface area (Å²) in [6.07, 6.45) is 0. The third-order valence-electron chi connectivity index (χ3n) is 5.36. The molecule has 0 unspecified atom stereocenters. The van der Waals surface area contributed by atoms with Crippen LogP contribution >= 0.6 is 0 Å². The molecule has 0 aliphatic rings. The van der Waals surface area contributed by atoms with Gasteiger partial charge in [-0.3, -0.25) is 4.79 Å². The number of nitrogens with two attached hydrogens (primary N) is 2. The molecule has 4 rings (SSSR count). The summed E-state index contributed by atoms with van der Waals surface area (Å²) in [5.74, 6) is -3.68. The minimum absolute atomic E-state index is 0.0148. The fraction of sp³-hybridized carbons (Fsp3) is 0.111. The number of pyridine rings is 1. The average Bonchev–Trinajstić information content (AvgIpc) is 2.87. The topological polar surface area (TPSA) is 104 Å². The zero-order valence-corrected chi connectivity index (χ0v) is 19.7. The Morgan fingerprint density at radius 1 is 0.889 bits per heavy atom. The highest BCUT2D eigenvalue weighted by Crippen LogP contribution is 2.34. The molecule has 7 nitrogen and oxygen atoms in total. The summed E-state index contributed by atoms with van der Waals surface area (Å²) in [4.78, 5) is 17.5. The van der Waals surface area contributed by atoms with E-state index in [1.54, 1.807) is 43.3 Å². The van der Waals surface area contributed by atoms with Crippen LogP contribution in [-0.2, 0) is 6.54 Å². The van der Waals surface area contributed by atoms with E-state index in [2.05, 4.69) is 4.98 Å². The second kappa shape index (κ2) is 10.4. The largest absolute Gasteiger partial charge is 0.436 e. The van der Waals surface area contributed by atoms with Gasteiger partial charge in [0, 0.05) is 38.5 Å². The second-order valence-corrected chi connectivity index (χ2v) is 8.14. The van der Waals surface area contributed by atoms with Gasteiger partial charge in [-0.05, 0) is 47.0 Å². The predicted molar refractivity (Wildman–Crippen MR) is 133 cm³/mol. The van der Waals surface area contributed by atoms with Crippen molar-refractivity contribution in [2.45, 2.75) is 6.54 Å². The maximum atomic E-state index is 14.6. The number of halogens is 2. The van der Waals surface area contributed by atoms with Gasteiger partial charge in [0.05, 0.1) is 5.56 Å². The molecule has 0 bridgehead atoms. The molecular weight excluding hydrogens is 466 g/mol. The number of ether oxygens (including phenoxy) is 2. The van der Waals surface area contributed by atoms with Crippen LogP contribution in [0.1, 0.15) is 15.9 Å². The number of primary amides is 1. The molecule has 4 aromatic rings. The number of benzene rings is 3. The summed E-state index contributed by atoms with van der Waals surface area (Å²) in [5.41, 5.74) is 14.5. The van der Waals surface area contributed by atoms with Crippen LogP contribution < -0.4 is 25.8 Å². The quantitative estimate of drug-likeness (QED) is 0.350. The predicted octanol–water partition coefficient (Wildman–Crippen LogP) is 5.24. The number of aromatic nitrogens is 1. The first kappa shape index (κ1) is 24.6. The van der Waals surface area contributed by atoms with Crippen LogP contribution in [-0.4, -0.2) is 25.0 Å². The summed E-state index contributed by atoms with van der Waals surface area (Å²) in [5, 5.41) is 0. The maximum Gasteiger partial charge on any atom is 0.259 e. The van der Waals surface area contributed by atoms with Crippen molar-refractivity contribution in [2.24, 2.45) is 11.5 Å². The molecule has 9 heteroatoms. The number of rotatable bonds is 8. The molecule has 0 saturated heterocycles. The van der Waals surface area contributed by atoms with E-state index in [1.165, 1.54) is 12.1 Å². The molecule has 4 N–H and O–H groups in total. The van der Waals surface area contributed by atoms with Crippen molar-refractivity contribution in [3.05, 3.63) is 95.6 Å². The first-order valence-corrected chi connectivity index (χ1v) is 11.0. The molecule has 0 atom stereocenters. The lowest BCUT2D eigenvalue weighted by atomic mass is 10.0. The number of carbonyl (C=O) groups is 1. The lowest BCUT2D eigenvalue weighted by Crippen LogP contribution is -2.14. The van der Waals surface area contributed by atoms with Gasteiger partial charge in [0.1, 0.15) is 11.5 Å². The van der Waals surface area contributed by atoms with Crippen LogP contribution in [0.25, 0.3) is 11.1 Å². The Morgan fingerprint density at radius 3 is 2.22 bits per heavy atom. The van der Waals surface area contributed by atoms with Gasteiger partial charge in [-0.25, -0.2) is 8.78 Å². The van der Waals surface area contributed by atoms with Crippen LogP contribution in [0.2, 0.25) is 0 Å². The maximum absolute atomic E-state index is 14.6. The lowest BCUT2D eigenvalue weighted by molar-refractivity contribution is 0.0998. The molecule has 0 fully saturated rings. The summed E-state index contributed by atoms with van der Waals surface area (Å²) in [7, 11) is 3.57. The van der Waals surface area contributed by atoms with E-state index in [0.29, 0.717) is 18.3 Å². The minimum atomic E-state index is -1.07. The van der Waals surface area contributed by atoms with E-state index in [4.69, 9.17) is 20.9 Å². The third-order valence-corrected chi connectivity index (χ3v) is 5.36. The van der Waals surface area contributed by atoms with Crippen molar-refractivity contribution in [3.8, 4) is 34.4 Å². The molecule has 36 heavy (non-hydrogen) atoms. The van der Waals surface area contributed by atoms with Crippen molar-refractivity contribution in [2.75, 3.05) is 19.0 Å². The fourth-order valence-corrected chi connectivity index (χ4v) is 3.49. The molecule has 0 spiro atoms. The normalized spacial score (nSPS) is 10.7. The van der Waals surface area contributed by atoms with E-state index >= 15 is 0 Å². The van der Waals surface area contributed by atoms with Crippen molar-refractivity contribution < 1.29 is 23.0 Å². The second-order valence-electron chi connectivity index (χ2n) is 8.14. The van der Waals surface area contributed by atoms with Crippen molar-refractivity contribution >= 4 is 11.6 Å². The highest BCUT2D eigenvalue weighted by Gasteiger charge is 2.19. The molecule has 1 aromatic heterocycles. The zero-order valence-electron chi connectivity index (χ0n) is 19.7. The molecule has 0 saturated carbocycles. The van der Waals surface area contributed by atoms with Gasteiger partial charge in [-0.2, -0.15) is 4.98 Å². The first-order valence-electron chi connectivity index (χ1n) is 11.0. The Kier molecular flexibility index (Phi) is 7.12. The summed E-state index contributed by atoms with van der Waals surface area (Å²) in [6.45, 7) is 0.395. The van der Waals surface area contributed by atoms with Gasteiger partial charge in [-0.15, -0.1) is 0 Å². The summed E-state index contributed by atoms with van der Waals surface area (Å²) < 4.78 is 40.4. The van der Waals surface area contributed by atoms with Crippen LogP contribution in [0.5, 0.6) is 23.3 Å². The lowest BCUT2D eigenvalue weighted by Gasteiger charge is -2.16. The van der Waals surface area contributed by atoms with E-state index in [-0.39, 0.29) is 17.1 Å².